The molecule has 1 aromatic rings. The highest BCUT2D eigenvalue weighted by Gasteiger charge is 2.26. The van der Waals surface area contributed by atoms with Crippen molar-refractivity contribution < 1.29 is 0 Å². The topological polar surface area (TPSA) is 24.4 Å². The van der Waals surface area contributed by atoms with Gasteiger partial charge in [0.1, 0.15) is 0 Å². The summed E-state index contributed by atoms with van der Waals surface area (Å²) in [5.41, 5.74) is 4.17. The second-order valence-electron chi connectivity index (χ2n) is 4.08. The van der Waals surface area contributed by atoms with Crippen molar-refractivity contribution >= 4 is 41.5 Å². The van der Waals surface area contributed by atoms with Crippen LogP contribution in [0, 0.1) is 12.3 Å². The molecule has 16 heavy (non-hydrogen) atoms. The number of fused-ring (bicyclic) bond motifs is 1. The van der Waals surface area contributed by atoms with E-state index in [1.165, 1.54) is 10.2 Å². The Bertz CT molecular complexity index is 500. The van der Waals surface area contributed by atoms with Crippen LogP contribution in [0.1, 0.15) is 0 Å². The minimum atomic E-state index is -0.888. The van der Waals surface area contributed by atoms with Crippen LogP contribution in [0.15, 0.2) is 22.0 Å². The third-order valence-corrected chi connectivity index (χ3v) is 5.32. The Balaban J connectivity index is 2.50. The van der Waals surface area contributed by atoms with E-state index in [4.69, 9.17) is 6.42 Å². The number of nitrogens with one attached hydrogen (secondary N) is 1. The van der Waals surface area contributed by atoms with Crippen molar-refractivity contribution in [1.29, 1.82) is 0 Å². The van der Waals surface area contributed by atoms with E-state index in [-0.39, 0.29) is 0 Å². The van der Waals surface area contributed by atoms with Crippen LogP contribution >= 0.6 is 19.3 Å². The zero-order chi connectivity index (χ0) is 11.8. The van der Waals surface area contributed by atoms with Gasteiger partial charge >= 0.3 is 0 Å². The molecular weight excluding hydrogens is 235 g/mol. The molecule has 1 N–H and O–H groups in total. The fourth-order valence-electron chi connectivity index (χ4n) is 1.79. The predicted octanol–water partition coefficient (Wildman–Crippen LogP) is 2.33. The summed E-state index contributed by atoms with van der Waals surface area (Å²) >= 11 is 0. The van der Waals surface area contributed by atoms with Crippen LogP contribution in [0.5, 0.6) is 0 Å². The van der Waals surface area contributed by atoms with Gasteiger partial charge in [-0.05, 0) is 23.9 Å². The van der Waals surface area contributed by atoms with Gasteiger partial charge in [0.05, 0.1) is 17.9 Å². The molecule has 0 amide bonds. The fraction of sp³-hybridized carbons (Fsp3) is 0.250. The monoisotopic (exact) mass is 250 g/mol. The van der Waals surface area contributed by atoms with Crippen molar-refractivity contribution in [3.05, 3.63) is 12.1 Å². The van der Waals surface area contributed by atoms with E-state index in [0.29, 0.717) is 6.54 Å². The summed E-state index contributed by atoms with van der Waals surface area (Å²) in [4.78, 5) is 5.88. The summed E-state index contributed by atoms with van der Waals surface area (Å²) in [5, 5.41) is 4.45. The third-order valence-electron chi connectivity index (χ3n) is 2.51. The highest BCUT2D eigenvalue weighted by Crippen LogP contribution is 2.57. The number of hydrogen-bond acceptors (Lipinski definition) is 2. The molecule has 2 nitrogen and oxygen atoms in total. The average molecular weight is 250 g/mol. The Hall–Kier alpha value is -0.970. The Labute approximate surface area is 100 Å². The Kier molecular flexibility index (Phi) is 2.97. The zero-order valence-corrected chi connectivity index (χ0v) is 11.4. The summed E-state index contributed by atoms with van der Waals surface area (Å²) in [5.74, 6) is 2.58. The Morgan fingerprint density at radius 3 is 2.94 bits per heavy atom. The van der Waals surface area contributed by atoms with Gasteiger partial charge in [-0.2, -0.15) is 10.0 Å². The van der Waals surface area contributed by atoms with Gasteiger partial charge in [-0.15, -0.1) is 15.7 Å². The van der Waals surface area contributed by atoms with Crippen molar-refractivity contribution in [2.75, 3.05) is 24.4 Å². The SMILES string of the molecule is C#CCNc1ccc(P)c2c1N=CS2(C)C. The highest BCUT2D eigenvalue weighted by molar-refractivity contribution is 8.43. The molecule has 0 fully saturated rings. The lowest BCUT2D eigenvalue weighted by atomic mass is 10.2. The van der Waals surface area contributed by atoms with Gasteiger partial charge in [0, 0.05) is 10.4 Å². The molecule has 0 aromatic heterocycles. The van der Waals surface area contributed by atoms with Gasteiger partial charge in [-0.25, -0.2) is 4.99 Å². The molecule has 2 rings (SSSR count). The van der Waals surface area contributed by atoms with Crippen molar-refractivity contribution in [3.63, 3.8) is 0 Å². The van der Waals surface area contributed by atoms with Crippen molar-refractivity contribution in [1.82, 2.24) is 0 Å². The van der Waals surface area contributed by atoms with E-state index in [2.05, 4.69) is 49.6 Å². The van der Waals surface area contributed by atoms with Crippen LogP contribution in [0.25, 0.3) is 0 Å². The zero-order valence-electron chi connectivity index (χ0n) is 9.45. The molecule has 1 heterocycles. The normalized spacial score (nSPS) is 17.6. The first-order valence-electron chi connectivity index (χ1n) is 4.93. The lowest BCUT2D eigenvalue weighted by molar-refractivity contribution is 1.34. The maximum Gasteiger partial charge on any atom is 0.0997 e. The molecule has 0 radical (unpaired) electrons. The molecule has 1 atom stereocenters. The molecule has 84 valence electrons. The van der Waals surface area contributed by atoms with Crippen LogP contribution in [0.3, 0.4) is 0 Å². The number of hydrogen-bond donors (Lipinski definition) is 1. The molecule has 0 saturated carbocycles. The largest absolute Gasteiger partial charge is 0.372 e. The van der Waals surface area contributed by atoms with Gasteiger partial charge in [-0.1, -0.05) is 12.0 Å². The van der Waals surface area contributed by atoms with Crippen LogP contribution in [0.4, 0.5) is 11.4 Å². The summed E-state index contributed by atoms with van der Waals surface area (Å²) in [6.45, 7) is 0.536. The van der Waals surface area contributed by atoms with E-state index in [9.17, 15) is 0 Å². The van der Waals surface area contributed by atoms with Crippen LogP contribution in [0.2, 0.25) is 0 Å². The predicted molar refractivity (Wildman–Crippen MR) is 79.0 cm³/mol. The molecule has 0 saturated heterocycles. The van der Waals surface area contributed by atoms with Gasteiger partial charge in [-0.3, -0.25) is 0 Å². The van der Waals surface area contributed by atoms with E-state index < -0.39 is 10.0 Å². The summed E-state index contributed by atoms with van der Waals surface area (Å²) in [6.07, 6.45) is 9.76. The number of nitrogens with zero attached hydrogens (tertiary/aromatic N) is 1. The van der Waals surface area contributed by atoms with Gasteiger partial charge in [0.15, 0.2) is 0 Å². The van der Waals surface area contributed by atoms with Crippen LogP contribution in [-0.2, 0) is 0 Å². The van der Waals surface area contributed by atoms with Gasteiger partial charge < -0.3 is 5.32 Å². The van der Waals surface area contributed by atoms with Crippen LogP contribution < -0.4 is 10.6 Å². The van der Waals surface area contributed by atoms with Crippen molar-refractivity contribution in [3.8, 4) is 12.3 Å². The minimum Gasteiger partial charge on any atom is -0.372 e. The number of rotatable bonds is 2. The molecule has 1 aromatic carbocycles. The average Bonchev–Trinajstić information content (AvgIpc) is 2.55. The first kappa shape index (κ1) is 11.5. The molecular formula is C12H15N2PS. The van der Waals surface area contributed by atoms with Crippen molar-refractivity contribution in [2.24, 2.45) is 4.99 Å². The third kappa shape index (κ3) is 1.84. The van der Waals surface area contributed by atoms with Gasteiger partial charge in [0.25, 0.3) is 0 Å². The maximum absolute atomic E-state index is 5.25. The first-order valence-corrected chi connectivity index (χ1v) is 8.02. The summed E-state index contributed by atoms with van der Waals surface area (Å²) in [6, 6.07) is 4.14. The number of benzene rings is 1. The smallest absolute Gasteiger partial charge is 0.0997 e. The maximum atomic E-state index is 5.25. The minimum absolute atomic E-state index is 0.536. The molecule has 4 heteroatoms. The molecule has 0 bridgehead atoms. The number of aliphatic imine (C=N–C) groups is 1. The molecule has 1 aliphatic heterocycles. The summed E-state index contributed by atoms with van der Waals surface area (Å²) in [7, 11) is 1.90. The Morgan fingerprint density at radius 1 is 1.50 bits per heavy atom. The summed E-state index contributed by atoms with van der Waals surface area (Å²) < 4.78 is 0. The molecule has 0 aliphatic carbocycles. The molecule has 1 aliphatic rings. The quantitative estimate of drug-likeness (QED) is 0.632. The lowest BCUT2D eigenvalue weighted by Gasteiger charge is -2.24. The molecule has 0 spiro atoms. The van der Waals surface area contributed by atoms with E-state index >= 15 is 0 Å². The lowest BCUT2D eigenvalue weighted by Crippen LogP contribution is -2.06. The van der Waals surface area contributed by atoms with E-state index in [0.717, 1.165) is 11.4 Å². The van der Waals surface area contributed by atoms with Gasteiger partial charge in [0.2, 0.25) is 0 Å². The first-order chi connectivity index (χ1) is 7.56. The second-order valence-corrected chi connectivity index (χ2v) is 8.13. The second kappa shape index (κ2) is 4.13. The fourth-order valence-corrected chi connectivity index (χ4v) is 4.75. The van der Waals surface area contributed by atoms with E-state index in [1.807, 2.05) is 6.07 Å². The standard InChI is InChI=1S/C12H15N2PS/c1-4-7-13-9-5-6-10(15)12-11(9)14-8-16(12,2)3/h1,5-6,8,13H,7,15H2,2-3H3. The van der Waals surface area contributed by atoms with Crippen LogP contribution in [-0.4, -0.2) is 24.6 Å². The number of terminal acetylenes is 1. The number of anilines is 1. The Morgan fingerprint density at radius 2 is 2.25 bits per heavy atom. The van der Waals surface area contributed by atoms with Crippen molar-refractivity contribution in [2.45, 2.75) is 4.90 Å². The molecule has 1 unspecified atom stereocenters. The highest BCUT2D eigenvalue weighted by atomic mass is 32.3. The van der Waals surface area contributed by atoms with E-state index in [1.54, 1.807) is 0 Å².